The SMILES string of the molecule is O=C(O)c1cc2cc(F)c(-c3ccccc3)cc2n1O. The molecule has 2 N–H and O–H groups in total. The van der Waals surface area contributed by atoms with Crippen LogP contribution in [0.4, 0.5) is 4.39 Å². The average Bonchev–Trinajstić information content (AvgIpc) is 2.75. The summed E-state index contributed by atoms with van der Waals surface area (Å²) >= 11 is 0. The van der Waals surface area contributed by atoms with Crippen molar-refractivity contribution in [2.75, 3.05) is 0 Å². The summed E-state index contributed by atoms with van der Waals surface area (Å²) in [5, 5.41) is 19.1. The Morgan fingerprint density at radius 2 is 1.80 bits per heavy atom. The van der Waals surface area contributed by atoms with Gasteiger partial charge in [0.2, 0.25) is 0 Å². The predicted molar refractivity (Wildman–Crippen MR) is 71.5 cm³/mol. The second-order valence-electron chi connectivity index (χ2n) is 4.40. The Hall–Kier alpha value is -2.82. The minimum atomic E-state index is -1.27. The molecular weight excluding hydrogens is 261 g/mol. The van der Waals surface area contributed by atoms with Gasteiger partial charge >= 0.3 is 5.97 Å². The molecule has 0 unspecified atom stereocenters. The van der Waals surface area contributed by atoms with Gasteiger partial charge in [-0.15, -0.1) is 0 Å². The molecule has 1 aromatic heterocycles. The number of carbonyl (C=O) groups is 1. The number of benzene rings is 2. The van der Waals surface area contributed by atoms with Crippen LogP contribution in [-0.2, 0) is 0 Å². The molecule has 0 aliphatic rings. The number of fused-ring (bicyclic) bond motifs is 1. The number of rotatable bonds is 2. The number of aromatic carboxylic acids is 1. The van der Waals surface area contributed by atoms with Crippen molar-refractivity contribution in [2.45, 2.75) is 0 Å². The summed E-state index contributed by atoms with van der Waals surface area (Å²) in [6, 6.07) is 12.7. The Kier molecular flexibility index (Phi) is 2.68. The number of aromatic nitrogens is 1. The van der Waals surface area contributed by atoms with Gasteiger partial charge in [0.05, 0.1) is 5.52 Å². The van der Waals surface area contributed by atoms with Gasteiger partial charge in [-0.1, -0.05) is 30.3 Å². The maximum Gasteiger partial charge on any atom is 0.356 e. The maximum absolute atomic E-state index is 14.1. The topological polar surface area (TPSA) is 62.5 Å². The molecule has 3 rings (SSSR count). The van der Waals surface area contributed by atoms with Crippen molar-refractivity contribution in [3.8, 4) is 11.1 Å². The van der Waals surface area contributed by atoms with Crippen molar-refractivity contribution in [2.24, 2.45) is 0 Å². The van der Waals surface area contributed by atoms with E-state index in [9.17, 15) is 14.4 Å². The lowest BCUT2D eigenvalue weighted by atomic mass is 10.0. The van der Waals surface area contributed by atoms with E-state index in [-0.39, 0.29) is 11.2 Å². The number of nitrogens with zero attached hydrogens (tertiary/aromatic N) is 1. The molecule has 0 saturated heterocycles. The molecule has 2 aromatic carbocycles. The minimum Gasteiger partial charge on any atom is -0.476 e. The van der Waals surface area contributed by atoms with Crippen LogP contribution >= 0.6 is 0 Å². The first-order valence-electron chi connectivity index (χ1n) is 5.91. The van der Waals surface area contributed by atoms with Gasteiger partial charge in [0.1, 0.15) is 5.82 Å². The molecule has 4 nitrogen and oxygen atoms in total. The summed E-state index contributed by atoms with van der Waals surface area (Å²) in [6.07, 6.45) is 0. The van der Waals surface area contributed by atoms with Gasteiger partial charge in [0.15, 0.2) is 5.69 Å². The first-order valence-corrected chi connectivity index (χ1v) is 5.91. The lowest BCUT2D eigenvalue weighted by Gasteiger charge is -2.05. The predicted octanol–water partition coefficient (Wildman–Crippen LogP) is 3.38. The minimum absolute atomic E-state index is 0.252. The molecule has 100 valence electrons. The quantitative estimate of drug-likeness (QED) is 0.702. The van der Waals surface area contributed by atoms with Gasteiger partial charge in [0, 0.05) is 10.9 Å². The smallest absolute Gasteiger partial charge is 0.356 e. The van der Waals surface area contributed by atoms with Crippen LogP contribution in [-0.4, -0.2) is 21.0 Å². The number of halogens is 1. The summed E-state index contributed by atoms with van der Waals surface area (Å²) in [5.41, 5.74) is 0.917. The van der Waals surface area contributed by atoms with Gasteiger partial charge in [-0.3, -0.25) is 0 Å². The summed E-state index contributed by atoms with van der Waals surface area (Å²) in [5.74, 6) is -1.74. The van der Waals surface area contributed by atoms with Crippen LogP contribution in [0.15, 0.2) is 48.5 Å². The van der Waals surface area contributed by atoms with Crippen molar-refractivity contribution in [1.82, 2.24) is 4.73 Å². The number of hydrogen-bond acceptors (Lipinski definition) is 2. The van der Waals surface area contributed by atoms with E-state index in [1.807, 2.05) is 6.07 Å². The third kappa shape index (κ3) is 1.80. The zero-order valence-electron chi connectivity index (χ0n) is 10.2. The Morgan fingerprint density at radius 1 is 1.10 bits per heavy atom. The molecule has 0 aliphatic heterocycles. The molecule has 0 aliphatic carbocycles. The highest BCUT2D eigenvalue weighted by molar-refractivity contribution is 5.95. The van der Waals surface area contributed by atoms with E-state index >= 15 is 0 Å². The molecule has 5 heteroatoms. The third-order valence-electron chi connectivity index (χ3n) is 3.17. The van der Waals surface area contributed by atoms with Crippen LogP contribution < -0.4 is 0 Å². The van der Waals surface area contributed by atoms with E-state index in [0.717, 1.165) is 0 Å². The van der Waals surface area contributed by atoms with E-state index in [1.165, 1.54) is 18.2 Å². The van der Waals surface area contributed by atoms with Crippen molar-refractivity contribution in [3.63, 3.8) is 0 Å². The zero-order valence-corrected chi connectivity index (χ0v) is 10.2. The Bertz CT molecular complexity index is 809. The van der Waals surface area contributed by atoms with Crippen molar-refractivity contribution in [1.29, 1.82) is 0 Å². The molecule has 0 atom stereocenters. The highest BCUT2D eigenvalue weighted by atomic mass is 19.1. The molecule has 0 spiro atoms. The van der Waals surface area contributed by atoms with Crippen LogP contribution in [0.25, 0.3) is 22.0 Å². The van der Waals surface area contributed by atoms with Gasteiger partial charge < -0.3 is 10.3 Å². The summed E-state index contributed by atoms with van der Waals surface area (Å²) in [6.45, 7) is 0. The van der Waals surface area contributed by atoms with Gasteiger partial charge in [-0.2, -0.15) is 4.73 Å². The van der Waals surface area contributed by atoms with Crippen LogP contribution in [0.1, 0.15) is 10.5 Å². The van der Waals surface area contributed by atoms with Gasteiger partial charge in [-0.05, 0) is 23.8 Å². The molecule has 3 aromatic rings. The number of carboxylic acids is 1. The Labute approximate surface area is 113 Å². The van der Waals surface area contributed by atoms with Crippen LogP contribution in [0.3, 0.4) is 0 Å². The molecule has 0 fully saturated rings. The molecule has 20 heavy (non-hydrogen) atoms. The molecule has 1 heterocycles. The van der Waals surface area contributed by atoms with Crippen molar-refractivity contribution >= 4 is 16.9 Å². The van der Waals surface area contributed by atoms with Gasteiger partial charge in [0.25, 0.3) is 0 Å². The monoisotopic (exact) mass is 271 g/mol. The number of carboxylic acid groups (broad SMARTS) is 1. The molecule has 0 amide bonds. The van der Waals surface area contributed by atoms with Crippen LogP contribution in [0, 0.1) is 5.82 Å². The van der Waals surface area contributed by atoms with Crippen molar-refractivity contribution in [3.05, 3.63) is 60.0 Å². The fourth-order valence-corrected chi connectivity index (χ4v) is 2.21. The lowest BCUT2D eigenvalue weighted by molar-refractivity contribution is 0.0649. The second-order valence-corrected chi connectivity index (χ2v) is 4.40. The largest absolute Gasteiger partial charge is 0.476 e. The van der Waals surface area contributed by atoms with Gasteiger partial charge in [-0.25, -0.2) is 9.18 Å². The highest BCUT2D eigenvalue weighted by Crippen LogP contribution is 2.29. The van der Waals surface area contributed by atoms with Crippen LogP contribution in [0.5, 0.6) is 0 Å². The van der Waals surface area contributed by atoms with E-state index in [2.05, 4.69) is 0 Å². The molecule has 0 saturated carbocycles. The normalized spacial score (nSPS) is 10.8. The zero-order chi connectivity index (χ0) is 14.3. The third-order valence-corrected chi connectivity index (χ3v) is 3.17. The molecule has 0 radical (unpaired) electrons. The summed E-state index contributed by atoms with van der Waals surface area (Å²) in [4.78, 5) is 11.0. The number of hydrogen-bond donors (Lipinski definition) is 2. The maximum atomic E-state index is 14.1. The van der Waals surface area contributed by atoms with E-state index in [1.54, 1.807) is 24.3 Å². The average molecular weight is 271 g/mol. The fourth-order valence-electron chi connectivity index (χ4n) is 2.21. The van der Waals surface area contributed by atoms with Crippen molar-refractivity contribution < 1.29 is 19.5 Å². The Morgan fingerprint density at radius 3 is 2.45 bits per heavy atom. The first-order chi connectivity index (χ1) is 9.58. The van der Waals surface area contributed by atoms with E-state index in [4.69, 9.17) is 5.11 Å². The second kappa shape index (κ2) is 4.38. The fraction of sp³-hybridized carbons (Fsp3) is 0. The Balaban J connectivity index is 2.28. The highest BCUT2D eigenvalue weighted by Gasteiger charge is 2.17. The van der Waals surface area contributed by atoms with E-state index in [0.29, 0.717) is 21.2 Å². The lowest BCUT2D eigenvalue weighted by Crippen LogP contribution is -2.04. The summed E-state index contributed by atoms with van der Waals surface area (Å²) < 4.78 is 14.7. The standard InChI is InChI=1S/C15H10FNO3/c16-12-6-10-7-14(15(18)19)17(20)13(10)8-11(12)9-4-2-1-3-5-9/h1-8,20H,(H,18,19). The van der Waals surface area contributed by atoms with E-state index < -0.39 is 11.8 Å². The molecule has 0 bridgehead atoms. The molecular formula is C15H10FNO3. The van der Waals surface area contributed by atoms with Crippen LogP contribution in [0.2, 0.25) is 0 Å². The first kappa shape index (κ1) is 12.2. The summed E-state index contributed by atoms with van der Waals surface area (Å²) in [7, 11) is 0.